The number of hydrogen-bond acceptors (Lipinski definition) is 6. The van der Waals surface area contributed by atoms with Crippen LogP contribution < -0.4 is 10.2 Å². The number of aliphatic hydroxyl groups excluding tert-OH is 1. The van der Waals surface area contributed by atoms with Gasteiger partial charge in [-0.2, -0.15) is 0 Å². The largest absolute Gasteiger partial charge is 0.393 e. The first-order valence-electron chi connectivity index (χ1n) is 12.0. The lowest BCUT2D eigenvalue weighted by molar-refractivity contribution is -0.117. The zero-order valence-corrected chi connectivity index (χ0v) is 20.2. The normalized spacial score (nSPS) is 16.7. The topological polar surface area (TPSA) is 77.9 Å². The molecule has 0 aliphatic carbocycles. The maximum atomic E-state index is 9.93. The van der Waals surface area contributed by atoms with Crippen molar-refractivity contribution in [1.29, 1.82) is 0 Å². The molecule has 3 heterocycles. The van der Waals surface area contributed by atoms with Gasteiger partial charge in [0.15, 0.2) is 0 Å². The Bertz CT molecular complexity index is 891. The molecule has 0 unspecified atom stereocenters. The maximum Gasteiger partial charge on any atom is 0.209 e. The van der Waals surface area contributed by atoms with Crippen LogP contribution in [-0.4, -0.2) is 73.9 Å². The third kappa shape index (κ3) is 7.44. The average molecular weight is 455 g/mol. The summed E-state index contributed by atoms with van der Waals surface area (Å²) >= 11 is 0. The van der Waals surface area contributed by atoms with Crippen molar-refractivity contribution < 1.29 is 14.6 Å². The van der Waals surface area contributed by atoms with Gasteiger partial charge in [-0.25, -0.2) is 4.98 Å². The number of amides is 1. The molecule has 7 nitrogen and oxygen atoms in total. The number of benzene rings is 1. The van der Waals surface area contributed by atoms with E-state index in [9.17, 15) is 9.90 Å². The molecule has 1 aromatic carbocycles. The van der Waals surface area contributed by atoms with Crippen molar-refractivity contribution in [2.45, 2.75) is 45.6 Å². The number of morpholine rings is 1. The third-order valence-electron chi connectivity index (χ3n) is 6.15. The summed E-state index contributed by atoms with van der Waals surface area (Å²) in [6, 6.07) is 10.8. The SMILES string of the molecule is CNc1ccc(C)c(-c2cc(CC[C@@H](C)O)nc(N3CCOCC3)c2)c1.O=CN1CCCC1. The Kier molecular flexibility index (Phi) is 9.51. The fraction of sp³-hybridized carbons (Fsp3) is 0.538. The minimum absolute atomic E-state index is 0.318. The summed E-state index contributed by atoms with van der Waals surface area (Å²) in [5, 5.41) is 12.9. The number of aryl methyl sites for hydroxylation is 2. The molecular formula is C26H38N4O3. The van der Waals surface area contributed by atoms with Crippen LogP contribution in [0.15, 0.2) is 30.3 Å². The van der Waals surface area contributed by atoms with E-state index in [0.717, 1.165) is 69.4 Å². The number of aromatic nitrogens is 1. The summed E-state index contributed by atoms with van der Waals surface area (Å²) in [5.74, 6) is 1.00. The van der Waals surface area contributed by atoms with Crippen molar-refractivity contribution in [3.63, 3.8) is 0 Å². The highest BCUT2D eigenvalue weighted by Crippen LogP contribution is 2.30. The first-order chi connectivity index (χ1) is 16.0. The van der Waals surface area contributed by atoms with Crippen LogP contribution in [0.4, 0.5) is 11.5 Å². The molecule has 2 aliphatic rings. The summed E-state index contributed by atoms with van der Waals surface area (Å²) in [5.41, 5.74) is 5.76. The number of carbonyl (C=O) groups excluding carboxylic acids is 1. The van der Waals surface area contributed by atoms with E-state index in [2.05, 4.69) is 47.5 Å². The molecule has 33 heavy (non-hydrogen) atoms. The van der Waals surface area contributed by atoms with Crippen molar-refractivity contribution in [2.75, 3.05) is 56.7 Å². The highest BCUT2D eigenvalue weighted by Gasteiger charge is 2.16. The van der Waals surface area contributed by atoms with Crippen LogP contribution in [0.1, 0.15) is 37.4 Å². The predicted molar refractivity (Wildman–Crippen MR) is 134 cm³/mol. The van der Waals surface area contributed by atoms with Crippen LogP contribution in [-0.2, 0) is 16.0 Å². The lowest BCUT2D eigenvalue weighted by atomic mass is 9.98. The summed E-state index contributed by atoms with van der Waals surface area (Å²) in [6.07, 6.45) is 4.48. The van der Waals surface area contributed by atoms with E-state index in [1.54, 1.807) is 4.90 Å². The minimum Gasteiger partial charge on any atom is -0.393 e. The highest BCUT2D eigenvalue weighted by atomic mass is 16.5. The number of ether oxygens (including phenoxy) is 1. The Balaban J connectivity index is 0.000000374. The van der Waals surface area contributed by atoms with Crippen molar-refractivity contribution in [3.8, 4) is 11.1 Å². The second kappa shape index (κ2) is 12.6. The van der Waals surface area contributed by atoms with Gasteiger partial charge in [-0.05, 0) is 80.5 Å². The van der Waals surface area contributed by atoms with Crippen LogP contribution in [0.5, 0.6) is 0 Å². The number of rotatable bonds is 7. The van der Waals surface area contributed by atoms with Gasteiger partial charge in [0.2, 0.25) is 6.41 Å². The Morgan fingerprint density at radius 3 is 2.48 bits per heavy atom. The van der Waals surface area contributed by atoms with Gasteiger partial charge in [-0.1, -0.05) is 6.07 Å². The summed E-state index contributed by atoms with van der Waals surface area (Å²) < 4.78 is 5.48. The van der Waals surface area contributed by atoms with Crippen LogP contribution in [0, 0.1) is 6.92 Å². The van der Waals surface area contributed by atoms with Crippen LogP contribution in [0.3, 0.4) is 0 Å². The van der Waals surface area contributed by atoms with Gasteiger partial charge in [-0.3, -0.25) is 4.79 Å². The van der Waals surface area contributed by atoms with E-state index in [1.165, 1.54) is 29.5 Å². The monoisotopic (exact) mass is 454 g/mol. The fourth-order valence-corrected chi connectivity index (χ4v) is 4.10. The smallest absolute Gasteiger partial charge is 0.209 e. The molecule has 2 aromatic rings. The number of likely N-dealkylation sites (tertiary alicyclic amines) is 1. The summed E-state index contributed by atoms with van der Waals surface area (Å²) in [4.78, 5) is 18.9. The quantitative estimate of drug-likeness (QED) is 0.624. The second-order valence-corrected chi connectivity index (χ2v) is 8.82. The molecule has 180 valence electrons. The van der Waals surface area contributed by atoms with Crippen molar-refractivity contribution in [3.05, 3.63) is 41.6 Å². The third-order valence-corrected chi connectivity index (χ3v) is 6.15. The highest BCUT2D eigenvalue weighted by molar-refractivity contribution is 5.74. The Morgan fingerprint density at radius 2 is 1.88 bits per heavy atom. The van der Waals surface area contributed by atoms with Gasteiger partial charge < -0.3 is 25.0 Å². The van der Waals surface area contributed by atoms with Gasteiger partial charge in [-0.15, -0.1) is 0 Å². The molecule has 0 spiro atoms. The average Bonchev–Trinajstić information content (AvgIpc) is 3.38. The zero-order valence-electron chi connectivity index (χ0n) is 20.2. The van der Waals surface area contributed by atoms with Crippen molar-refractivity contribution >= 4 is 17.9 Å². The fourth-order valence-electron chi connectivity index (χ4n) is 4.10. The van der Waals surface area contributed by atoms with Gasteiger partial charge in [0, 0.05) is 44.6 Å². The van der Waals surface area contributed by atoms with Crippen LogP contribution in [0.2, 0.25) is 0 Å². The van der Waals surface area contributed by atoms with Crippen LogP contribution >= 0.6 is 0 Å². The molecule has 1 atom stereocenters. The molecule has 0 radical (unpaired) electrons. The lowest BCUT2D eigenvalue weighted by Crippen LogP contribution is -2.36. The Labute approximate surface area is 197 Å². The molecule has 7 heteroatoms. The molecule has 1 aromatic heterocycles. The van der Waals surface area contributed by atoms with Gasteiger partial charge >= 0.3 is 0 Å². The molecule has 2 aliphatic heterocycles. The van der Waals surface area contributed by atoms with Crippen molar-refractivity contribution in [2.24, 2.45) is 0 Å². The number of carbonyl (C=O) groups is 1. The number of nitrogens with one attached hydrogen (secondary N) is 1. The van der Waals surface area contributed by atoms with Crippen molar-refractivity contribution in [1.82, 2.24) is 9.88 Å². The number of hydrogen-bond donors (Lipinski definition) is 2. The molecule has 2 fully saturated rings. The molecule has 1 amide bonds. The Hall–Kier alpha value is -2.64. The van der Waals surface area contributed by atoms with E-state index in [0.29, 0.717) is 6.42 Å². The lowest BCUT2D eigenvalue weighted by Gasteiger charge is -2.28. The van der Waals surface area contributed by atoms with E-state index in [4.69, 9.17) is 9.72 Å². The van der Waals surface area contributed by atoms with E-state index < -0.39 is 0 Å². The molecule has 4 rings (SSSR count). The van der Waals surface area contributed by atoms with Gasteiger partial charge in [0.1, 0.15) is 5.82 Å². The van der Waals surface area contributed by atoms with E-state index in [-0.39, 0.29) is 6.10 Å². The van der Waals surface area contributed by atoms with Gasteiger partial charge in [0.25, 0.3) is 0 Å². The number of nitrogens with zero attached hydrogens (tertiary/aromatic N) is 3. The van der Waals surface area contributed by atoms with Crippen LogP contribution in [0.25, 0.3) is 11.1 Å². The second-order valence-electron chi connectivity index (χ2n) is 8.82. The zero-order chi connectivity index (χ0) is 23.6. The molecule has 2 saturated heterocycles. The summed E-state index contributed by atoms with van der Waals surface area (Å²) in [6.45, 7) is 9.12. The Morgan fingerprint density at radius 1 is 1.15 bits per heavy atom. The first-order valence-corrected chi connectivity index (χ1v) is 12.0. The number of aliphatic hydroxyl groups is 1. The number of anilines is 2. The predicted octanol–water partition coefficient (Wildman–Crippen LogP) is 3.49. The van der Waals surface area contributed by atoms with Gasteiger partial charge in [0.05, 0.1) is 19.3 Å². The minimum atomic E-state index is -0.318. The molecule has 0 saturated carbocycles. The first kappa shape index (κ1) is 25.0. The maximum absolute atomic E-state index is 9.93. The number of pyridine rings is 1. The van der Waals surface area contributed by atoms with E-state index >= 15 is 0 Å². The standard InChI is InChI=1S/C21H29N3O2.C5H9NO/c1-15-4-6-18(22-3)14-20(15)17-12-19(7-5-16(2)25)23-21(13-17)24-8-10-26-11-9-24;7-5-6-3-1-2-4-6/h4,6,12-14,16,22,25H,5,7-11H2,1-3H3;5H,1-4H2/t16-;/m1./s1. The molecule has 2 N–H and O–H groups in total. The molecular weight excluding hydrogens is 416 g/mol. The summed E-state index contributed by atoms with van der Waals surface area (Å²) in [7, 11) is 1.94. The molecule has 0 bridgehead atoms. The van der Waals surface area contributed by atoms with E-state index in [1.807, 2.05) is 14.0 Å².